The molecular formula is C31H33F3N6O4S. The quantitative estimate of drug-likeness (QED) is 0.231. The molecule has 1 saturated heterocycles. The number of benzene rings is 1. The van der Waals surface area contributed by atoms with E-state index in [1.165, 1.54) is 12.3 Å². The molecule has 5 rings (SSSR count). The van der Waals surface area contributed by atoms with Crippen molar-refractivity contribution >= 4 is 40.1 Å². The average Bonchev–Trinajstić information content (AvgIpc) is 3.50. The zero-order valence-corrected chi connectivity index (χ0v) is 25.8. The summed E-state index contributed by atoms with van der Waals surface area (Å²) in [5.41, 5.74) is 0.104. The first-order chi connectivity index (χ1) is 21.5. The Bertz CT molecular complexity index is 1790. The maximum absolute atomic E-state index is 13.7. The molecule has 0 bridgehead atoms. The molecule has 1 aliphatic rings. The number of nitrogens with one attached hydrogen (secondary N) is 2. The minimum absolute atomic E-state index is 0.0536. The van der Waals surface area contributed by atoms with E-state index >= 15 is 0 Å². The Balaban J connectivity index is 1.65. The summed E-state index contributed by atoms with van der Waals surface area (Å²) in [6, 6.07) is 6.05. The Hall–Kier alpha value is -4.30. The van der Waals surface area contributed by atoms with Gasteiger partial charge >= 0.3 is 18.2 Å². The molecule has 0 radical (unpaired) electrons. The van der Waals surface area contributed by atoms with E-state index in [1.54, 1.807) is 38.2 Å². The van der Waals surface area contributed by atoms with Gasteiger partial charge in [-0.15, -0.1) is 11.3 Å². The van der Waals surface area contributed by atoms with Gasteiger partial charge in [-0.1, -0.05) is 6.07 Å². The van der Waals surface area contributed by atoms with Crippen molar-refractivity contribution in [2.45, 2.75) is 39.4 Å². The average molecular weight is 643 g/mol. The van der Waals surface area contributed by atoms with E-state index in [4.69, 9.17) is 4.74 Å². The Labute approximate surface area is 261 Å². The minimum Gasteiger partial charge on any atom is -0.462 e. The SMILES string of the molecule is CCNC(=O)Nc1cc(-c2nc(C(F)(F)F)cs2)c(-c2ccc3c(c2)c(=O)c(C(=O)OCC)cn3CC2CCCN(C)C2)cn1. The lowest BCUT2D eigenvalue weighted by Crippen LogP contribution is -2.34. The number of thiazole rings is 1. The molecule has 4 heterocycles. The van der Waals surface area contributed by atoms with Crippen LogP contribution in [0.1, 0.15) is 42.7 Å². The second-order valence-corrected chi connectivity index (χ2v) is 11.7. The molecule has 14 heteroatoms. The van der Waals surface area contributed by atoms with Gasteiger partial charge < -0.3 is 19.5 Å². The number of pyridine rings is 2. The lowest BCUT2D eigenvalue weighted by molar-refractivity contribution is -0.140. The highest BCUT2D eigenvalue weighted by Crippen LogP contribution is 2.39. The van der Waals surface area contributed by atoms with Gasteiger partial charge in [-0.05, 0) is 70.0 Å². The molecular weight excluding hydrogens is 609 g/mol. The van der Waals surface area contributed by atoms with Crippen LogP contribution in [0.15, 0.2) is 46.8 Å². The Morgan fingerprint density at radius 1 is 1.18 bits per heavy atom. The van der Waals surface area contributed by atoms with Crippen LogP contribution in [0.25, 0.3) is 32.6 Å². The predicted octanol–water partition coefficient (Wildman–Crippen LogP) is 5.87. The second-order valence-electron chi connectivity index (χ2n) is 10.9. The van der Waals surface area contributed by atoms with Gasteiger partial charge in [-0.2, -0.15) is 13.2 Å². The molecule has 1 aromatic carbocycles. The zero-order valence-electron chi connectivity index (χ0n) is 25.0. The smallest absolute Gasteiger partial charge is 0.434 e. The van der Waals surface area contributed by atoms with Crippen LogP contribution in [0, 0.1) is 5.92 Å². The number of rotatable bonds is 8. The maximum atomic E-state index is 13.7. The maximum Gasteiger partial charge on any atom is 0.434 e. The fraction of sp³-hybridized carbons (Fsp3) is 0.387. The van der Waals surface area contributed by atoms with Crippen LogP contribution in [0.2, 0.25) is 0 Å². The number of anilines is 1. The molecule has 3 aromatic heterocycles. The number of halogens is 3. The van der Waals surface area contributed by atoms with Crippen LogP contribution in [0.5, 0.6) is 0 Å². The van der Waals surface area contributed by atoms with E-state index in [1.807, 2.05) is 4.57 Å². The zero-order chi connectivity index (χ0) is 32.3. The summed E-state index contributed by atoms with van der Waals surface area (Å²) in [6.45, 7) is 6.33. The summed E-state index contributed by atoms with van der Waals surface area (Å²) in [5, 5.41) is 6.39. The molecule has 1 unspecified atom stereocenters. The van der Waals surface area contributed by atoms with Crippen LogP contribution >= 0.6 is 11.3 Å². The highest BCUT2D eigenvalue weighted by atomic mass is 32.1. The molecule has 2 amide bonds. The number of nitrogens with zero attached hydrogens (tertiary/aromatic N) is 4. The normalized spacial score (nSPS) is 15.6. The molecule has 1 fully saturated rings. The molecule has 2 N–H and O–H groups in total. The first-order valence-corrected chi connectivity index (χ1v) is 15.5. The van der Waals surface area contributed by atoms with Crippen molar-refractivity contribution in [2.75, 3.05) is 38.6 Å². The minimum atomic E-state index is -4.64. The van der Waals surface area contributed by atoms with Gasteiger partial charge in [0.2, 0.25) is 5.43 Å². The van der Waals surface area contributed by atoms with E-state index in [0.29, 0.717) is 35.7 Å². The van der Waals surface area contributed by atoms with E-state index in [0.717, 1.165) is 42.6 Å². The van der Waals surface area contributed by atoms with Crippen molar-refractivity contribution in [3.05, 3.63) is 63.5 Å². The number of esters is 1. The van der Waals surface area contributed by atoms with Crippen LogP contribution in [-0.4, -0.2) is 64.7 Å². The Kier molecular flexibility index (Phi) is 9.53. The predicted molar refractivity (Wildman–Crippen MR) is 166 cm³/mol. The largest absolute Gasteiger partial charge is 0.462 e. The number of hydrogen-bond donors (Lipinski definition) is 2. The monoisotopic (exact) mass is 642 g/mol. The van der Waals surface area contributed by atoms with E-state index in [9.17, 15) is 27.6 Å². The molecule has 238 valence electrons. The number of alkyl halides is 3. The molecule has 4 aromatic rings. The van der Waals surface area contributed by atoms with Crippen LogP contribution in [0.4, 0.5) is 23.8 Å². The summed E-state index contributed by atoms with van der Waals surface area (Å²) < 4.78 is 47.5. The van der Waals surface area contributed by atoms with Crippen LogP contribution in [-0.2, 0) is 17.5 Å². The lowest BCUT2D eigenvalue weighted by Gasteiger charge is -2.30. The summed E-state index contributed by atoms with van der Waals surface area (Å²) in [7, 11) is 2.06. The topological polar surface area (TPSA) is 118 Å². The van der Waals surface area contributed by atoms with Gasteiger partial charge in [-0.3, -0.25) is 10.1 Å². The number of amides is 2. The molecule has 10 nitrogen and oxygen atoms in total. The van der Waals surface area contributed by atoms with Crippen molar-refractivity contribution in [1.29, 1.82) is 0 Å². The number of aromatic nitrogens is 3. The number of carbonyl (C=O) groups excluding carboxylic acids is 2. The third-order valence-corrected chi connectivity index (χ3v) is 8.45. The fourth-order valence-electron chi connectivity index (χ4n) is 5.55. The van der Waals surface area contributed by atoms with Crippen molar-refractivity contribution in [2.24, 2.45) is 5.92 Å². The van der Waals surface area contributed by atoms with Crippen molar-refractivity contribution in [3.8, 4) is 21.7 Å². The summed E-state index contributed by atoms with van der Waals surface area (Å²) >= 11 is 0.799. The number of piperidine rings is 1. The number of carbonyl (C=O) groups is 2. The van der Waals surface area contributed by atoms with Crippen molar-refractivity contribution in [1.82, 2.24) is 24.8 Å². The van der Waals surface area contributed by atoms with E-state index < -0.39 is 29.3 Å². The highest BCUT2D eigenvalue weighted by Gasteiger charge is 2.34. The van der Waals surface area contributed by atoms with Gasteiger partial charge in [0.05, 0.1) is 12.1 Å². The summed E-state index contributed by atoms with van der Waals surface area (Å²) in [6.07, 6.45) is 0.374. The lowest BCUT2D eigenvalue weighted by atomic mass is 9.97. The summed E-state index contributed by atoms with van der Waals surface area (Å²) in [4.78, 5) is 49.1. The van der Waals surface area contributed by atoms with Gasteiger partial charge in [-0.25, -0.2) is 19.6 Å². The third-order valence-electron chi connectivity index (χ3n) is 7.57. The second kappa shape index (κ2) is 13.4. The number of fused-ring (bicyclic) bond motifs is 1. The first kappa shape index (κ1) is 32.1. The molecule has 0 aliphatic carbocycles. The standard InChI is InChI=1S/C31H33F3N6O4S/c1-4-35-30(43)38-26-12-20(28-37-25(17-45-28)31(32,33)34)22(13-36-26)19-8-9-24-21(11-19)27(41)23(29(42)44-5-2)16-40(24)15-18-7-6-10-39(3)14-18/h8-9,11-13,16-18H,4-7,10,14-15H2,1-3H3,(H2,35,36,38,43). The van der Waals surface area contributed by atoms with Gasteiger partial charge in [0.1, 0.15) is 16.4 Å². The van der Waals surface area contributed by atoms with Crippen LogP contribution in [0.3, 0.4) is 0 Å². The van der Waals surface area contributed by atoms with E-state index in [-0.39, 0.29) is 33.9 Å². The molecule has 1 atom stereocenters. The molecule has 1 aliphatic heterocycles. The van der Waals surface area contributed by atoms with Gasteiger partial charge in [0, 0.05) is 53.9 Å². The number of hydrogen-bond acceptors (Lipinski definition) is 8. The van der Waals surface area contributed by atoms with Crippen molar-refractivity contribution in [3.63, 3.8) is 0 Å². The molecule has 45 heavy (non-hydrogen) atoms. The number of urea groups is 1. The Morgan fingerprint density at radius 3 is 2.67 bits per heavy atom. The van der Waals surface area contributed by atoms with Gasteiger partial charge in [0.25, 0.3) is 0 Å². The van der Waals surface area contributed by atoms with Crippen LogP contribution < -0.4 is 16.1 Å². The fourth-order valence-corrected chi connectivity index (χ4v) is 6.41. The first-order valence-electron chi connectivity index (χ1n) is 14.6. The van der Waals surface area contributed by atoms with Gasteiger partial charge in [0.15, 0.2) is 5.69 Å². The number of ether oxygens (including phenoxy) is 1. The molecule has 0 spiro atoms. The van der Waals surface area contributed by atoms with Crippen molar-refractivity contribution < 1.29 is 27.5 Å². The third kappa shape index (κ3) is 7.17. The van der Waals surface area contributed by atoms with E-state index in [2.05, 4.69) is 32.5 Å². The molecule has 0 saturated carbocycles. The summed E-state index contributed by atoms with van der Waals surface area (Å²) in [5.74, 6) is -0.318. The number of likely N-dealkylation sites (tertiary alicyclic amines) is 1. The highest BCUT2D eigenvalue weighted by molar-refractivity contribution is 7.13. The Morgan fingerprint density at radius 2 is 1.98 bits per heavy atom.